The van der Waals surface area contributed by atoms with Crippen molar-refractivity contribution in [3.63, 3.8) is 0 Å². The van der Waals surface area contributed by atoms with Gasteiger partial charge in [-0.15, -0.1) is 24.0 Å². The van der Waals surface area contributed by atoms with Crippen molar-refractivity contribution in [1.82, 2.24) is 20.4 Å². The first-order chi connectivity index (χ1) is 9.79. The standard InChI is InChI=1S/C14H21N5O.HI/c1-3-15-14(16-8-7-13-5-4-10-20-13)17-11-12-6-9-18-19(12)2;/h4-6,9-10H,3,7-8,11H2,1-2H3,(H2,15,16,17);1H. The van der Waals surface area contributed by atoms with E-state index in [-0.39, 0.29) is 24.0 Å². The van der Waals surface area contributed by atoms with Crippen molar-refractivity contribution in [3.05, 3.63) is 42.1 Å². The summed E-state index contributed by atoms with van der Waals surface area (Å²) < 4.78 is 7.13. The van der Waals surface area contributed by atoms with Crippen LogP contribution in [-0.4, -0.2) is 28.8 Å². The van der Waals surface area contributed by atoms with E-state index in [1.165, 1.54) is 0 Å². The maximum absolute atomic E-state index is 5.30. The van der Waals surface area contributed by atoms with E-state index in [0.717, 1.165) is 36.9 Å². The zero-order chi connectivity index (χ0) is 14.2. The topological polar surface area (TPSA) is 67.4 Å². The molecule has 2 heterocycles. The first-order valence-corrected chi connectivity index (χ1v) is 6.81. The van der Waals surface area contributed by atoms with Gasteiger partial charge in [0, 0.05) is 32.8 Å². The maximum atomic E-state index is 5.30. The van der Waals surface area contributed by atoms with Gasteiger partial charge in [-0.2, -0.15) is 5.10 Å². The lowest BCUT2D eigenvalue weighted by molar-refractivity contribution is 0.507. The smallest absolute Gasteiger partial charge is 0.191 e. The number of hydrogen-bond acceptors (Lipinski definition) is 3. The van der Waals surface area contributed by atoms with E-state index in [4.69, 9.17) is 4.42 Å². The quantitative estimate of drug-likeness (QED) is 0.440. The van der Waals surface area contributed by atoms with Gasteiger partial charge < -0.3 is 15.1 Å². The second-order valence-electron chi connectivity index (χ2n) is 4.40. The summed E-state index contributed by atoms with van der Waals surface area (Å²) in [6.07, 6.45) is 4.31. The van der Waals surface area contributed by atoms with Crippen molar-refractivity contribution in [1.29, 1.82) is 0 Å². The molecule has 0 spiro atoms. The summed E-state index contributed by atoms with van der Waals surface area (Å²) in [5.74, 6) is 1.78. The minimum absolute atomic E-state index is 0. The fraction of sp³-hybridized carbons (Fsp3) is 0.429. The van der Waals surface area contributed by atoms with Gasteiger partial charge >= 0.3 is 0 Å². The Hall–Kier alpha value is -1.51. The fourth-order valence-corrected chi connectivity index (χ4v) is 1.82. The van der Waals surface area contributed by atoms with Gasteiger partial charge in [-0.1, -0.05) is 0 Å². The molecule has 2 aromatic heterocycles. The van der Waals surface area contributed by atoms with Crippen LogP contribution in [0.4, 0.5) is 0 Å². The SMILES string of the molecule is CCNC(=NCc1ccnn1C)NCCc1ccco1.I. The number of guanidine groups is 1. The van der Waals surface area contributed by atoms with Crippen LogP contribution in [-0.2, 0) is 20.0 Å². The van der Waals surface area contributed by atoms with E-state index in [9.17, 15) is 0 Å². The molecule has 0 saturated carbocycles. The predicted octanol–water partition coefficient (Wildman–Crippen LogP) is 1.93. The van der Waals surface area contributed by atoms with Crippen LogP contribution in [0, 0.1) is 0 Å². The molecule has 0 aromatic carbocycles. The van der Waals surface area contributed by atoms with E-state index in [0.29, 0.717) is 6.54 Å². The molecule has 7 heteroatoms. The molecule has 0 radical (unpaired) electrons. The van der Waals surface area contributed by atoms with Crippen LogP contribution in [0.25, 0.3) is 0 Å². The fourth-order valence-electron chi connectivity index (χ4n) is 1.82. The predicted molar refractivity (Wildman–Crippen MR) is 93.9 cm³/mol. The number of hydrogen-bond donors (Lipinski definition) is 2. The first kappa shape index (κ1) is 17.5. The molecule has 2 aromatic rings. The lowest BCUT2D eigenvalue weighted by Crippen LogP contribution is -2.38. The lowest BCUT2D eigenvalue weighted by Gasteiger charge is -2.10. The van der Waals surface area contributed by atoms with Crippen molar-refractivity contribution < 1.29 is 4.42 Å². The van der Waals surface area contributed by atoms with Crippen molar-refractivity contribution in [2.45, 2.75) is 19.9 Å². The van der Waals surface area contributed by atoms with Crippen LogP contribution in [0.3, 0.4) is 0 Å². The number of rotatable bonds is 6. The van der Waals surface area contributed by atoms with Crippen LogP contribution in [0.15, 0.2) is 40.1 Å². The summed E-state index contributed by atoms with van der Waals surface area (Å²) >= 11 is 0. The highest BCUT2D eigenvalue weighted by Gasteiger charge is 2.01. The first-order valence-electron chi connectivity index (χ1n) is 6.81. The highest BCUT2D eigenvalue weighted by Crippen LogP contribution is 2.00. The Labute approximate surface area is 142 Å². The normalized spacial score (nSPS) is 11.0. The van der Waals surface area contributed by atoms with Crippen molar-refractivity contribution >= 4 is 29.9 Å². The van der Waals surface area contributed by atoms with Crippen molar-refractivity contribution in [2.75, 3.05) is 13.1 Å². The summed E-state index contributed by atoms with van der Waals surface area (Å²) in [5.41, 5.74) is 1.08. The second kappa shape index (κ2) is 9.43. The molecule has 6 nitrogen and oxygen atoms in total. The van der Waals surface area contributed by atoms with Crippen molar-refractivity contribution in [3.8, 4) is 0 Å². The van der Waals surface area contributed by atoms with Gasteiger partial charge in [0.25, 0.3) is 0 Å². The van der Waals surface area contributed by atoms with E-state index in [2.05, 4.69) is 20.7 Å². The number of aromatic nitrogens is 2. The van der Waals surface area contributed by atoms with Gasteiger partial charge in [0.2, 0.25) is 0 Å². The van der Waals surface area contributed by atoms with Crippen LogP contribution < -0.4 is 10.6 Å². The van der Waals surface area contributed by atoms with E-state index in [1.54, 1.807) is 12.5 Å². The highest BCUT2D eigenvalue weighted by molar-refractivity contribution is 14.0. The Bertz CT molecular complexity index is 535. The third-order valence-corrected chi connectivity index (χ3v) is 2.91. The molecule has 2 rings (SSSR count). The second-order valence-corrected chi connectivity index (χ2v) is 4.40. The van der Waals surface area contributed by atoms with Gasteiger partial charge in [0.1, 0.15) is 5.76 Å². The van der Waals surface area contributed by atoms with Gasteiger partial charge in [0.05, 0.1) is 18.5 Å². The Balaban J connectivity index is 0.00000220. The zero-order valence-corrected chi connectivity index (χ0v) is 14.7. The zero-order valence-electron chi connectivity index (χ0n) is 12.4. The maximum Gasteiger partial charge on any atom is 0.191 e. The summed E-state index contributed by atoms with van der Waals surface area (Å²) in [5, 5.41) is 10.6. The molecular formula is C14H22IN5O. The summed E-state index contributed by atoms with van der Waals surface area (Å²) in [6.45, 7) is 4.27. The number of nitrogens with one attached hydrogen (secondary N) is 2. The van der Waals surface area contributed by atoms with E-state index < -0.39 is 0 Å². The Morgan fingerprint density at radius 2 is 2.24 bits per heavy atom. The number of nitrogens with zero attached hydrogens (tertiary/aromatic N) is 3. The molecule has 0 aliphatic heterocycles. The number of aliphatic imine (C=N–C) groups is 1. The number of furan rings is 1. The third-order valence-electron chi connectivity index (χ3n) is 2.91. The molecule has 2 N–H and O–H groups in total. The largest absolute Gasteiger partial charge is 0.469 e. The third kappa shape index (κ3) is 5.78. The molecule has 0 aliphatic carbocycles. The summed E-state index contributed by atoms with van der Waals surface area (Å²) in [6, 6.07) is 5.84. The molecule has 0 saturated heterocycles. The highest BCUT2D eigenvalue weighted by atomic mass is 127. The van der Waals surface area contributed by atoms with Crippen LogP contribution in [0.2, 0.25) is 0 Å². The van der Waals surface area contributed by atoms with Gasteiger partial charge in [0.15, 0.2) is 5.96 Å². The molecule has 21 heavy (non-hydrogen) atoms. The lowest BCUT2D eigenvalue weighted by atomic mass is 10.3. The van der Waals surface area contributed by atoms with Gasteiger partial charge in [-0.05, 0) is 25.1 Å². The average Bonchev–Trinajstić information content (AvgIpc) is 3.08. The summed E-state index contributed by atoms with van der Waals surface area (Å²) in [4.78, 5) is 4.54. The molecule has 0 atom stereocenters. The van der Waals surface area contributed by atoms with E-state index in [1.807, 2.05) is 36.9 Å². The Morgan fingerprint density at radius 1 is 1.38 bits per heavy atom. The minimum Gasteiger partial charge on any atom is -0.469 e. The van der Waals surface area contributed by atoms with E-state index >= 15 is 0 Å². The number of halogens is 1. The van der Waals surface area contributed by atoms with Crippen LogP contribution in [0.1, 0.15) is 18.4 Å². The molecule has 0 amide bonds. The van der Waals surface area contributed by atoms with Crippen LogP contribution >= 0.6 is 24.0 Å². The number of aryl methyl sites for hydroxylation is 1. The Morgan fingerprint density at radius 3 is 2.86 bits per heavy atom. The van der Waals surface area contributed by atoms with Gasteiger partial charge in [-0.25, -0.2) is 4.99 Å². The summed E-state index contributed by atoms with van der Waals surface area (Å²) in [7, 11) is 1.92. The molecule has 0 fully saturated rings. The molecule has 0 bridgehead atoms. The molecule has 0 unspecified atom stereocenters. The Kier molecular flexibility index (Phi) is 7.88. The molecule has 0 aliphatic rings. The monoisotopic (exact) mass is 403 g/mol. The average molecular weight is 403 g/mol. The molecule has 116 valence electrons. The van der Waals surface area contributed by atoms with Gasteiger partial charge in [-0.3, -0.25) is 4.68 Å². The molecular weight excluding hydrogens is 381 g/mol. The minimum atomic E-state index is 0. The van der Waals surface area contributed by atoms with Crippen LogP contribution in [0.5, 0.6) is 0 Å². The van der Waals surface area contributed by atoms with Crippen molar-refractivity contribution in [2.24, 2.45) is 12.0 Å².